The third kappa shape index (κ3) is 3.36. The summed E-state index contributed by atoms with van der Waals surface area (Å²) in [6.45, 7) is 4.26. The molecule has 0 atom stereocenters. The van der Waals surface area contributed by atoms with Crippen LogP contribution in [-0.4, -0.2) is 15.5 Å². The second kappa shape index (κ2) is 6.75. The largest absolute Gasteiger partial charge is 0.440 e. The molecule has 2 aromatic carbocycles. The first kappa shape index (κ1) is 17.1. The molecule has 138 valence electrons. The van der Waals surface area contributed by atoms with E-state index >= 15 is 0 Å². The molecule has 1 amide bonds. The molecule has 0 aliphatic heterocycles. The van der Waals surface area contributed by atoms with E-state index in [0.717, 1.165) is 0 Å². The topological polar surface area (TPSA) is 90.3 Å². The third-order valence-corrected chi connectivity index (χ3v) is 4.32. The lowest BCUT2D eigenvalue weighted by Gasteiger charge is -2.05. The van der Waals surface area contributed by atoms with Gasteiger partial charge in [-0.3, -0.25) is 9.36 Å². The van der Waals surface area contributed by atoms with Crippen LogP contribution in [-0.2, 0) is 11.3 Å². The summed E-state index contributed by atoms with van der Waals surface area (Å²) in [5, 5.41) is 2.84. The number of aromatic nitrogens is 2. The summed E-state index contributed by atoms with van der Waals surface area (Å²) in [6, 6.07) is 12.5. The van der Waals surface area contributed by atoms with E-state index in [1.54, 1.807) is 36.4 Å². The lowest BCUT2D eigenvalue weighted by molar-refractivity contribution is -0.116. The van der Waals surface area contributed by atoms with Gasteiger partial charge < -0.3 is 14.2 Å². The van der Waals surface area contributed by atoms with Crippen LogP contribution in [0.15, 0.2) is 56.1 Å². The van der Waals surface area contributed by atoms with Gasteiger partial charge in [-0.2, -0.15) is 0 Å². The Morgan fingerprint density at radius 3 is 2.78 bits per heavy atom. The molecule has 0 aliphatic rings. The van der Waals surface area contributed by atoms with Crippen molar-refractivity contribution in [3.63, 3.8) is 0 Å². The molecule has 27 heavy (non-hydrogen) atoms. The van der Waals surface area contributed by atoms with Crippen LogP contribution in [0.25, 0.3) is 22.2 Å². The minimum absolute atomic E-state index is 0.150. The van der Waals surface area contributed by atoms with Gasteiger partial charge in [-0.05, 0) is 30.3 Å². The normalized spacial score (nSPS) is 11.5. The molecule has 0 radical (unpaired) electrons. The zero-order valence-corrected chi connectivity index (χ0v) is 15.1. The van der Waals surface area contributed by atoms with Crippen LogP contribution in [0, 0.1) is 0 Å². The van der Waals surface area contributed by atoms with Gasteiger partial charge in [-0.1, -0.05) is 26.0 Å². The first-order chi connectivity index (χ1) is 13.0. The second-order valence-corrected chi connectivity index (χ2v) is 6.67. The fraction of sp³-hybridized carbons (Fsp3) is 0.250. The number of carbonyl (C=O) groups is 1. The van der Waals surface area contributed by atoms with E-state index in [1.807, 2.05) is 19.9 Å². The van der Waals surface area contributed by atoms with Crippen LogP contribution in [0.1, 0.15) is 32.1 Å². The molecule has 4 aromatic rings. The average molecular weight is 365 g/mol. The number of fused-ring (bicyclic) bond motifs is 2. The Morgan fingerprint density at radius 1 is 1.15 bits per heavy atom. The number of carbonyl (C=O) groups excluding carboxylic acids is 1. The van der Waals surface area contributed by atoms with Crippen molar-refractivity contribution in [3.8, 4) is 0 Å². The number of amides is 1. The monoisotopic (exact) mass is 365 g/mol. The Morgan fingerprint density at radius 2 is 1.96 bits per heavy atom. The lowest BCUT2D eigenvalue weighted by atomic mass is 10.2. The highest BCUT2D eigenvalue weighted by Gasteiger charge is 2.12. The number of rotatable bonds is 5. The molecule has 0 saturated heterocycles. The third-order valence-electron chi connectivity index (χ3n) is 4.32. The zero-order chi connectivity index (χ0) is 19.0. The average Bonchev–Trinajstić information content (AvgIpc) is 3.20. The summed E-state index contributed by atoms with van der Waals surface area (Å²) in [5.41, 5.74) is 3.23. The van der Waals surface area contributed by atoms with Crippen molar-refractivity contribution < 1.29 is 13.6 Å². The van der Waals surface area contributed by atoms with E-state index < -0.39 is 5.76 Å². The Labute approximate surface area is 154 Å². The molecule has 7 heteroatoms. The predicted molar refractivity (Wildman–Crippen MR) is 102 cm³/mol. The van der Waals surface area contributed by atoms with E-state index in [1.165, 1.54) is 4.57 Å². The molecular formula is C20H19N3O4. The maximum Gasteiger partial charge on any atom is 0.419 e. The summed E-state index contributed by atoms with van der Waals surface area (Å²) in [7, 11) is 0. The molecule has 1 N–H and O–H groups in total. The van der Waals surface area contributed by atoms with Gasteiger partial charge in [0.25, 0.3) is 0 Å². The van der Waals surface area contributed by atoms with Gasteiger partial charge in [0.1, 0.15) is 5.52 Å². The van der Waals surface area contributed by atoms with Gasteiger partial charge in [0.2, 0.25) is 5.91 Å². The Hall–Kier alpha value is -3.35. The first-order valence-corrected chi connectivity index (χ1v) is 8.80. The number of oxazole rings is 2. The molecule has 2 aromatic heterocycles. The van der Waals surface area contributed by atoms with E-state index in [-0.39, 0.29) is 24.8 Å². The molecular weight excluding hydrogens is 346 g/mol. The van der Waals surface area contributed by atoms with Crippen molar-refractivity contribution in [3.05, 3.63) is 58.9 Å². The van der Waals surface area contributed by atoms with E-state index in [0.29, 0.717) is 33.8 Å². The minimum atomic E-state index is -0.464. The van der Waals surface area contributed by atoms with Crippen LogP contribution in [0.4, 0.5) is 5.69 Å². The van der Waals surface area contributed by atoms with Crippen molar-refractivity contribution in [2.24, 2.45) is 0 Å². The van der Waals surface area contributed by atoms with Crippen molar-refractivity contribution >= 4 is 33.8 Å². The summed E-state index contributed by atoms with van der Waals surface area (Å²) in [5.74, 6) is 0.201. The van der Waals surface area contributed by atoms with Crippen molar-refractivity contribution in [1.82, 2.24) is 9.55 Å². The van der Waals surface area contributed by atoms with Crippen LogP contribution in [0.3, 0.4) is 0 Å². The highest BCUT2D eigenvalue weighted by Crippen LogP contribution is 2.23. The molecule has 0 fully saturated rings. The highest BCUT2D eigenvalue weighted by molar-refractivity contribution is 5.92. The number of hydrogen-bond donors (Lipinski definition) is 1. The SMILES string of the molecule is CC(C)c1nc2cc(NC(=O)CCn3c(=O)oc4ccccc43)ccc2o1. The van der Waals surface area contributed by atoms with Gasteiger partial charge in [-0.15, -0.1) is 0 Å². The number of hydrogen-bond acceptors (Lipinski definition) is 5. The smallest absolute Gasteiger partial charge is 0.419 e. The number of para-hydroxylation sites is 2. The quantitative estimate of drug-likeness (QED) is 0.579. The fourth-order valence-corrected chi connectivity index (χ4v) is 2.93. The summed E-state index contributed by atoms with van der Waals surface area (Å²) in [6.07, 6.45) is 0.150. The summed E-state index contributed by atoms with van der Waals surface area (Å²) < 4.78 is 12.3. The zero-order valence-electron chi connectivity index (χ0n) is 15.1. The van der Waals surface area contributed by atoms with Crippen molar-refractivity contribution in [1.29, 1.82) is 0 Å². The maximum absolute atomic E-state index is 12.3. The fourth-order valence-electron chi connectivity index (χ4n) is 2.93. The van der Waals surface area contributed by atoms with Gasteiger partial charge >= 0.3 is 5.76 Å². The van der Waals surface area contributed by atoms with Crippen LogP contribution < -0.4 is 11.1 Å². The van der Waals surface area contributed by atoms with Crippen LogP contribution in [0.5, 0.6) is 0 Å². The van der Waals surface area contributed by atoms with Gasteiger partial charge in [0, 0.05) is 24.6 Å². The highest BCUT2D eigenvalue weighted by atomic mass is 16.4. The molecule has 0 spiro atoms. The number of nitrogens with one attached hydrogen (secondary N) is 1. The standard InChI is InChI=1S/C20H19N3O4/c1-12(2)19-22-14-11-13(7-8-16(14)26-19)21-18(24)9-10-23-15-5-3-4-6-17(15)27-20(23)25/h3-8,11-12H,9-10H2,1-2H3,(H,21,24). The van der Waals surface area contributed by atoms with E-state index in [2.05, 4.69) is 10.3 Å². The molecule has 0 saturated carbocycles. The molecule has 4 rings (SSSR count). The van der Waals surface area contributed by atoms with Gasteiger partial charge in [-0.25, -0.2) is 9.78 Å². The van der Waals surface area contributed by atoms with Crippen LogP contribution >= 0.6 is 0 Å². The molecule has 0 aliphatic carbocycles. The van der Waals surface area contributed by atoms with E-state index in [9.17, 15) is 9.59 Å². The van der Waals surface area contributed by atoms with Crippen LogP contribution in [0.2, 0.25) is 0 Å². The summed E-state index contributed by atoms with van der Waals surface area (Å²) >= 11 is 0. The number of benzene rings is 2. The first-order valence-electron chi connectivity index (χ1n) is 8.80. The maximum atomic E-state index is 12.3. The predicted octanol–water partition coefficient (Wildman–Crippen LogP) is 3.89. The Bertz CT molecular complexity index is 1180. The Balaban J connectivity index is 1.47. The lowest BCUT2D eigenvalue weighted by Crippen LogP contribution is -2.19. The number of nitrogens with zero attached hydrogens (tertiary/aromatic N) is 2. The molecule has 0 bridgehead atoms. The summed E-state index contributed by atoms with van der Waals surface area (Å²) in [4.78, 5) is 28.7. The molecule has 7 nitrogen and oxygen atoms in total. The second-order valence-electron chi connectivity index (χ2n) is 6.67. The van der Waals surface area contributed by atoms with Gasteiger partial charge in [0.05, 0.1) is 5.52 Å². The Kier molecular flexibility index (Phi) is 4.27. The van der Waals surface area contributed by atoms with E-state index in [4.69, 9.17) is 8.83 Å². The molecule has 2 heterocycles. The minimum Gasteiger partial charge on any atom is -0.440 e. The molecule has 0 unspecified atom stereocenters. The van der Waals surface area contributed by atoms with Gasteiger partial charge in [0.15, 0.2) is 17.1 Å². The number of aryl methyl sites for hydroxylation is 1. The van der Waals surface area contributed by atoms with Crippen molar-refractivity contribution in [2.75, 3.05) is 5.32 Å². The van der Waals surface area contributed by atoms with Crippen molar-refractivity contribution in [2.45, 2.75) is 32.7 Å². The number of anilines is 1.